The molecule has 110 valence electrons. The van der Waals surface area contributed by atoms with Gasteiger partial charge >= 0.3 is 0 Å². The van der Waals surface area contributed by atoms with Crippen molar-refractivity contribution in [2.24, 2.45) is 0 Å². The normalized spacial score (nSPS) is 10.4. The maximum absolute atomic E-state index is 11.9. The molecule has 0 fully saturated rings. The molecule has 0 bridgehead atoms. The van der Waals surface area contributed by atoms with E-state index in [9.17, 15) is 4.79 Å². The van der Waals surface area contributed by atoms with E-state index in [1.807, 2.05) is 37.3 Å². The van der Waals surface area contributed by atoms with Crippen LogP contribution in [0.25, 0.3) is 0 Å². The van der Waals surface area contributed by atoms with E-state index in [1.165, 1.54) is 0 Å². The Hall–Kier alpha value is -1.65. The third kappa shape index (κ3) is 4.69. The van der Waals surface area contributed by atoms with Crippen LogP contribution < -0.4 is 11.1 Å². The van der Waals surface area contributed by atoms with Crippen molar-refractivity contribution in [2.45, 2.75) is 18.2 Å². The summed E-state index contributed by atoms with van der Waals surface area (Å²) in [5.74, 6) is 0.671. The SMILES string of the molecule is Cc1cc(N)ccc1SCCC(=O)Nc1ccccc1Cl. The summed E-state index contributed by atoms with van der Waals surface area (Å²) in [5.41, 5.74) is 8.26. The standard InChI is InChI=1S/C16H17ClN2OS/c1-11-10-12(18)6-7-15(11)21-9-8-16(20)19-14-5-3-2-4-13(14)17/h2-7,10H,8-9,18H2,1H3,(H,19,20). The predicted octanol–water partition coefficient (Wildman–Crippen LogP) is 4.35. The van der Waals surface area contributed by atoms with Crippen molar-refractivity contribution in [3.63, 3.8) is 0 Å². The number of hydrogen-bond donors (Lipinski definition) is 2. The highest BCUT2D eigenvalue weighted by atomic mass is 35.5. The Morgan fingerprint density at radius 2 is 2.05 bits per heavy atom. The molecule has 0 atom stereocenters. The molecular formula is C16H17ClN2OS. The maximum atomic E-state index is 11.9. The number of nitrogens with one attached hydrogen (secondary N) is 1. The minimum absolute atomic E-state index is 0.0382. The topological polar surface area (TPSA) is 55.1 Å². The highest BCUT2D eigenvalue weighted by molar-refractivity contribution is 7.99. The van der Waals surface area contributed by atoms with Crippen molar-refractivity contribution < 1.29 is 4.79 Å². The van der Waals surface area contributed by atoms with E-state index in [0.717, 1.165) is 16.1 Å². The second-order valence-electron chi connectivity index (χ2n) is 4.65. The van der Waals surface area contributed by atoms with Crippen LogP contribution in [0.1, 0.15) is 12.0 Å². The van der Waals surface area contributed by atoms with Gasteiger partial charge in [0, 0.05) is 22.8 Å². The zero-order valence-corrected chi connectivity index (χ0v) is 13.3. The van der Waals surface area contributed by atoms with Crippen LogP contribution in [0.4, 0.5) is 11.4 Å². The summed E-state index contributed by atoms with van der Waals surface area (Å²) >= 11 is 7.65. The average Bonchev–Trinajstić information content (AvgIpc) is 2.44. The Morgan fingerprint density at radius 3 is 2.76 bits per heavy atom. The van der Waals surface area contributed by atoms with E-state index >= 15 is 0 Å². The maximum Gasteiger partial charge on any atom is 0.225 e. The molecule has 0 unspecified atom stereocenters. The van der Waals surface area contributed by atoms with Gasteiger partial charge in [0.15, 0.2) is 0 Å². The van der Waals surface area contributed by atoms with Gasteiger partial charge in [0.1, 0.15) is 0 Å². The number of nitrogens with two attached hydrogens (primary N) is 1. The summed E-state index contributed by atoms with van der Waals surface area (Å²) in [6.45, 7) is 2.02. The van der Waals surface area contributed by atoms with Crippen LogP contribution >= 0.6 is 23.4 Å². The number of rotatable bonds is 5. The molecule has 0 aliphatic heterocycles. The fourth-order valence-corrected chi connectivity index (χ4v) is 3.00. The fourth-order valence-electron chi connectivity index (χ4n) is 1.86. The predicted molar refractivity (Wildman–Crippen MR) is 91.0 cm³/mol. The number of amides is 1. The molecular weight excluding hydrogens is 304 g/mol. The molecule has 0 heterocycles. The zero-order valence-electron chi connectivity index (χ0n) is 11.7. The molecule has 2 aromatic rings. The van der Waals surface area contributed by atoms with Gasteiger partial charge in [-0.15, -0.1) is 11.8 Å². The minimum Gasteiger partial charge on any atom is -0.399 e. The van der Waals surface area contributed by atoms with Crippen molar-refractivity contribution >= 4 is 40.6 Å². The van der Waals surface area contributed by atoms with Gasteiger partial charge in [-0.1, -0.05) is 23.7 Å². The molecule has 3 nitrogen and oxygen atoms in total. The molecule has 0 spiro atoms. The summed E-state index contributed by atoms with van der Waals surface area (Å²) in [5, 5.41) is 3.36. The Morgan fingerprint density at radius 1 is 1.29 bits per heavy atom. The largest absolute Gasteiger partial charge is 0.399 e. The van der Waals surface area contributed by atoms with Crippen molar-refractivity contribution in [1.82, 2.24) is 0 Å². The summed E-state index contributed by atoms with van der Waals surface area (Å²) in [7, 11) is 0. The number of carbonyl (C=O) groups excluding carboxylic acids is 1. The molecule has 0 saturated heterocycles. The molecule has 0 aromatic heterocycles. The Kier molecular flexibility index (Phi) is 5.53. The Balaban J connectivity index is 1.83. The number of nitrogen functional groups attached to an aromatic ring is 1. The van der Waals surface area contributed by atoms with Gasteiger partial charge in [0.25, 0.3) is 0 Å². The monoisotopic (exact) mass is 320 g/mol. The second kappa shape index (κ2) is 7.38. The van der Waals surface area contributed by atoms with Crippen LogP contribution in [0.15, 0.2) is 47.4 Å². The first-order valence-electron chi connectivity index (χ1n) is 6.59. The zero-order chi connectivity index (χ0) is 15.2. The summed E-state index contributed by atoms with van der Waals surface area (Å²) in [6, 6.07) is 13.0. The molecule has 0 radical (unpaired) electrons. The number of hydrogen-bond acceptors (Lipinski definition) is 3. The summed E-state index contributed by atoms with van der Waals surface area (Å²) in [6.07, 6.45) is 0.430. The third-order valence-electron chi connectivity index (χ3n) is 2.93. The number of aryl methyl sites for hydroxylation is 1. The lowest BCUT2D eigenvalue weighted by Crippen LogP contribution is -2.12. The molecule has 0 aliphatic rings. The van der Waals surface area contributed by atoms with Gasteiger partial charge in [0.2, 0.25) is 5.91 Å². The number of para-hydroxylation sites is 1. The lowest BCUT2D eigenvalue weighted by Gasteiger charge is -2.08. The third-order valence-corrected chi connectivity index (χ3v) is 4.44. The van der Waals surface area contributed by atoms with Crippen molar-refractivity contribution in [1.29, 1.82) is 0 Å². The van der Waals surface area contributed by atoms with Crippen molar-refractivity contribution in [3.05, 3.63) is 53.1 Å². The van der Waals surface area contributed by atoms with Gasteiger partial charge in [0.05, 0.1) is 10.7 Å². The van der Waals surface area contributed by atoms with E-state index in [0.29, 0.717) is 22.9 Å². The Labute approximate surface area is 133 Å². The van der Waals surface area contributed by atoms with E-state index in [2.05, 4.69) is 5.32 Å². The highest BCUT2D eigenvalue weighted by Crippen LogP contribution is 2.25. The smallest absolute Gasteiger partial charge is 0.225 e. The van der Waals surface area contributed by atoms with Gasteiger partial charge < -0.3 is 11.1 Å². The van der Waals surface area contributed by atoms with Crippen molar-refractivity contribution in [3.8, 4) is 0 Å². The highest BCUT2D eigenvalue weighted by Gasteiger charge is 2.06. The second-order valence-corrected chi connectivity index (χ2v) is 6.20. The van der Waals surface area contributed by atoms with Gasteiger partial charge in [-0.05, 0) is 42.8 Å². The van der Waals surface area contributed by atoms with Gasteiger partial charge in [-0.3, -0.25) is 4.79 Å². The van der Waals surface area contributed by atoms with Crippen LogP contribution in [-0.2, 0) is 4.79 Å². The number of halogens is 1. The number of thioether (sulfide) groups is 1. The number of benzene rings is 2. The number of anilines is 2. The number of carbonyl (C=O) groups is 1. The van der Waals surface area contributed by atoms with Gasteiger partial charge in [-0.2, -0.15) is 0 Å². The molecule has 2 rings (SSSR count). The fraction of sp³-hybridized carbons (Fsp3) is 0.188. The van der Waals surface area contributed by atoms with Crippen LogP contribution in [-0.4, -0.2) is 11.7 Å². The molecule has 0 saturated carbocycles. The summed E-state index contributed by atoms with van der Waals surface area (Å²) in [4.78, 5) is 13.0. The lowest BCUT2D eigenvalue weighted by atomic mass is 10.2. The molecule has 2 aromatic carbocycles. The van der Waals surface area contributed by atoms with Crippen LogP contribution in [0.2, 0.25) is 5.02 Å². The van der Waals surface area contributed by atoms with Crippen molar-refractivity contribution in [2.75, 3.05) is 16.8 Å². The van der Waals surface area contributed by atoms with E-state index in [1.54, 1.807) is 23.9 Å². The van der Waals surface area contributed by atoms with E-state index in [-0.39, 0.29) is 5.91 Å². The molecule has 5 heteroatoms. The molecule has 21 heavy (non-hydrogen) atoms. The molecule has 3 N–H and O–H groups in total. The minimum atomic E-state index is -0.0382. The van der Waals surface area contributed by atoms with E-state index in [4.69, 9.17) is 17.3 Å². The van der Waals surface area contributed by atoms with Crippen LogP contribution in [0.5, 0.6) is 0 Å². The van der Waals surface area contributed by atoms with Crippen LogP contribution in [0, 0.1) is 6.92 Å². The first-order valence-corrected chi connectivity index (χ1v) is 7.96. The lowest BCUT2D eigenvalue weighted by molar-refractivity contribution is -0.115. The van der Waals surface area contributed by atoms with Crippen LogP contribution in [0.3, 0.4) is 0 Å². The quantitative estimate of drug-likeness (QED) is 0.636. The molecule has 1 amide bonds. The molecule has 0 aliphatic carbocycles. The van der Waals surface area contributed by atoms with E-state index < -0.39 is 0 Å². The first kappa shape index (κ1) is 15.7. The Bertz CT molecular complexity index is 646. The average molecular weight is 321 g/mol. The first-order chi connectivity index (χ1) is 10.1. The summed E-state index contributed by atoms with van der Waals surface area (Å²) < 4.78 is 0. The van der Waals surface area contributed by atoms with Gasteiger partial charge in [-0.25, -0.2) is 0 Å².